The minimum absolute atomic E-state index is 0.425. The number of hydrogen-bond acceptors (Lipinski definition) is 3. The van der Waals surface area contributed by atoms with Gasteiger partial charge in [0.2, 0.25) is 0 Å². The molecule has 3 nitrogen and oxygen atoms in total. The van der Waals surface area contributed by atoms with Crippen LogP contribution in [0.3, 0.4) is 0 Å². The molecule has 0 fully saturated rings. The Labute approximate surface area is 124 Å². The molecule has 0 aliphatic heterocycles. The number of benzene rings is 1. The molecule has 0 saturated carbocycles. The third kappa shape index (κ3) is 4.22. The summed E-state index contributed by atoms with van der Waals surface area (Å²) in [6, 6.07) is 11.7. The summed E-state index contributed by atoms with van der Waals surface area (Å²) in [6.07, 6.45) is 0. The van der Waals surface area contributed by atoms with Gasteiger partial charge < -0.3 is 10.1 Å². The predicted octanol–water partition coefficient (Wildman–Crippen LogP) is 3.73. The highest BCUT2D eigenvalue weighted by Crippen LogP contribution is 2.26. The molecule has 0 amide bonds. The molecule has 0 saturated heterocycles. The van der Waals surface area contributed by atoms with Crippen molar-refractivity contribution in [1.29, 1.82) is 0 Å². The van der Waals surface area contributed by atoms with E-state index in [1.165, 1.54) is 0 Å². The van der Waals surface area contributed by atoms with E-state index in [0.29, 0.717) is 17.4 Å². The summed E-state index contributed by atoms with van der Waals surface area (Å²) in [4.78, 5) is 4.40. The van der Waals surface area contributed by atoms with Gasteiger partial charge in [0.25, 0.3) is 0 Å². The SMILES string of the molecule is CCNCc1ccc(OCc2cccc(C)n2)c(Cl)c1. The lowest BCUT2D eigenvalue weighted by Crippen LogP contribution is -2.11. The number of nitrogens with zero attached hydrogens (tertiary/aromatic N) is 1. The van der Waals surface area contributed by atoms with E-state index in [0.717, 1.165) is 30.0 Å². The molecule has 0 aliphatic rings. The lowest BCUT2D eigenvalue weighted by molar-refractivity contribution is 0.301. The Balaban J connectivity index is 1.99. The zero-order valence-electron chi connectivity index (χ0n) is 11.8. The summed E-state index contributed by atoms with van der Waals surface area (Å²) >= 11 is 6.23. The highest BCUT2D eigenvalue weighted by atomic mass is 35.5. The van der Waals surface area contributed by atoms with Crippen LogP contribution in [0.2, 0.25) is 5.02 Å². The zero-order chi connectivity index (χ0) is 14.4. The van der Waals surface area contributed by atoms with Crippen LogP contribution in [0.25, 0.3) is 0 Å². The van der Waals surface area contributed by atoms with Gasteiger partial charge in [0.1, 0.15) is 12.4 Å². The van der Waals surface area contributed by atoms with Gasteiger partial charge >= 0.3 is 0 Å². The topological polar surface area (TPSA) is 34.1 Å². The van der Waals surface area contributed by atoms with Crippen LogP contribution < -0.4 is 10.1 Å². The van der Waals surface area contributed by atoms with E-state index in [1.807, 2.05) is 43.3 Å². The van der Waals surface area contributed by atoms with E-state index in [4.69, 9.17) is 16.3 Å². The third-order valence-corrected chi connectivity index (χ3v) is 3.19. The maximum atomic E-state index is 6.23. The summed E-state index contributed by atoms with van der Waals surface area (Å²) in [5.74, 6) is 0.690. The van der Waals surface area contributed by atoms with Crippen LogP contribution in [-0.4, -0.2) is 11.5 Å². The fourth-order valence-electron chi connectivity index (χ4n) is 1.87. The van der Waals surface area contributed by atoms with Crippen LogP contribution in [0.4, 0.5) is 0 Å². The summed E-state index contributed by atoms with van der Waals surface area (Å²) in [6.45, 7) is 6.22. The molecule has 2 rings (SSSR count). The second-order valence-corrected chi connectivity index (χ2v) is 5.01. The largest absolute Gasteiger partial charge is 0.486 e. The molecule has 106 valence electrons. The van der Waals surface area contributed by atoms with Crippen molar-refractivity contribution in [2.45, 2.75) is 27.0 Å². The van der Waals surface area contributed by atoms with Crippen molar-refractivity contribution >= 4 is 11.6 Å². The van der Waals surface area contributed by atoms with Crippen LogP contribution in [-0.2, 0) is 13.2 Å². The molecule has 1 aromatic heterocycles. The normalized spacial score (nSPS) is 10.6. The average Bonchev–Trinajstić information content (AvgIpc) is 2.44. The molecule has 4 heteroatoms. The van der Waals surface area contributed by atoms with Gasteiger partial charge in [0.15, 0.2) is 0 Å². The van der Waals surface area contributed by atoms with Gasteiger partial charge in [-0.1, -0.05) is 30.7 Å². The first-order valence-corrected chi connectivity index (χ1v) is 7.11. The van der Waals surface area contributed by atoms with Crippen LogP contribution in [0.15, 0.2) is 36.4 Å². The predicted molar refractivity (Wildman–Crippen MR) is 82.1 cm³/mol. The average molecular weight is 291 g/mol. The Hall–Kier alpha value is -1.58. The lowest BCUT2D eigenvalue weighted by atomic mass is 10.2. The monoisotopic (exact) mass is 290 g/mol. The molecule has 0 atom stereocenters. The van der Waals surface area contributed by atoms with Gasteiger partial charge in [0, 0.05) is 12.2 Å². The van der Waals surface area contributed by atoms with Crippen LogP contribution in [0, 0.1) is 6.92 Å². The second kappa shape index (κ2) is 7.27. The molecule has 2 aromatic rings. The Morgan fingerprint density at radius 1 is 1.25 bits per heavy atom. The lowest BCUT2D eigenvalue weighted by Gasteiger charge is -2.10. The Kier molecular flexibility index (Phi) is 5.39. The molecule has 0 spiro atoms. The van der Waals surface area contributed by atoms with Crippen molar-refractivity contribution in [2.24, 2.45) is 0 Å². The quantitative estimate of drug-likeness (QED) is 0.880. The molecule has 0 bridgehead atoms. The van der Waals surface area contributed by atoms with Crippen molar-refractivity contribution in [3.63, 3.8) is 0 Å². The van der Waals surface area contributed by atoms with Crippen molar-refractivity contribution in [1.82, 2.24) is 10.3 Å². The van der Waals surface area contributed by atoms with Crippen molar-refractivity contribution < 1.29 is 4.74 Å². The third-order valence-electron chi connectivity index (χ3n) is 2.90. The molecule has 1 N–H and O–H groups in total. The molecule has 1 heterocycles. The number of pyridine rings is 1. The first-order chi connectivity index (χ1) is 9.69. The number of ether oxygens (including phenoxy) is 1. The standard InChI is InChI=1S/C16H19ClN2O/c1-3-18-10-13-7-8-16(15(17)9-13)20-11-14-6-4-5-12(2)19-14/h4-9,18H,3,10-11H2,1-2H3. The number of aryl methyl sites for hydroxylation is 1. The van der Waals surface area contributed by atoms with E-state index in [-0.39, 0.29) is 0 Å². The zero-order valence-corrected chi connectivity index (χ0v) is 12.6. The van der Waals surface area contributed by atoms with Gasteiger partial charge in [-0.15, -0.1) is 0 Å². The summed E-state index contributed by atoms with van der Waals surface area (Å²) in [5.41, 5.74) is 3.04. The number of nitrogens with one attached hydrogen (secondary N) is 1. The molecule has 20 heavy (non-hydrogen) atoms. The van der Waals surface area contributed by atoms with E-state index in [2.05, 4.69) is 17.2 Å². The summed E-state index contributed by atoms with van der Waals surface area (Å²) in [7, 11) is 0. The fraction of sp³-hybridized carbons (Fsp3) is 0.312. The van der Waals surface area contributed by atoms with Gasteiger partial charge in [-0.25, -0.2) is 0 Å². The number of hydrogen-bond donors (Lipinski definition) is 1. The molecular weight excluding hydrogens is 272 g/mol. The second-order valence-electron chi connectivity index (χ2n) is 4.60. The molecular formula is C16H19ClN2O. The van der Waals surface area contributed by atoms with Crippen molar-refractivity contribution in [3.05, 3.63) is 58.4 Å². The van der Waals surface area contributed by atoms with Crippen molar-refractivity contribution in [3.8, 4) is 5.75 Å². The minimum atomic E-state index is 0.425. The van der Waals surface area contributed by atoms with Gasteiger partial charge in [-0.05, 0) is 43.3 Å². The molecule has 1 aromatic carbocycles. The maximum Gasteiger partial charge on any atom is 0.138 e. The smallest absolute Gasteiger partial charge is 0.138 e. The van der Waals surface area contributed by atoms with E-state index in [1.54, 1.807) is 0 Å². The first kappa shape index (κ1) is 14.8. The number of halogens is 1. The molecule has 0 aliphatic carbocycles. The Morgan fingerprint density at radius 2 is 2.10 bits per heavy atom. The Bertz CT molecular complexity index is 572. The van der Waals surface area contributed by atoms with Crippen molar-refractivity contribution in [2.75, 3.05) is 6.54 Å². The van der Waals surface area contributed by atoms with Gasteiger partial charge in [-0.3, -0.25) is 4.98 Å². The summed E-state index contributed by atoms with van der Waals surface area (Å²) in [5, 5.41) is 3.90. The van der Waals surface area contributed by atoms with E-state index in [9.17, 15) is 0 Å². The Morgan fingerprint density at radius 3 is 2.80 bits per heavy atom. The highest BCUT2D eigenvalue weighted by Gasteiger charge is 2.04. The van der Waals surface area contributed by atoms with Gasteiger partial charge in [-0.2, -0.15) is 0 Å². The van der Waals surface area contributed by atoms with Crippen LogP contribution >= 0.6 is 11.6 Å². The minimum Gasteiger partial charge on any atom is -0.486 e. The van der Waals surface area contributed by atoms with E-state index >= 15 is 0 Å². The van der Waals surface area contributed by atoms with Crippen LogP contribution in [0.5, 0.6) is 5.75 Å². The molecule has 0 radical (unpaired) electrons. The molecule has 0 unspecified atom stereocenters. The first-order valence-electron chi connectivity index (χ1n) is 6.73. The fourth-order valence-corrected chi connectivity index (χ4v) is 2.13. The summed E-state index contributed by atoms with van der Waals surface area (Å²) < 4.78 is 5.72. The number of rotatable bonds is 6. The van der Waals surface area contributed by atoms with E-state index < -0.39 is 0 Å². The number of aromatic nitrogens is 1. The maximum absolute atomic E-state index is 6.23. The highest BCUT2D eigenvalue weighted by molar-refractivity contribution is 6.32. The van der Waals surface area contributed by atoms with Gasteiger partial charge in [0.05, 0.1) is 10.7 Å². The van der Waals surface area contributed by atoms with Crippen LogP contribution in [0.1, 0.15) is 23.9 Å².